The van der Waals surface area contributed by atoms with Crippen LogP contribution in [-0.2, 0) is 23.1 Å². The van der Waals surface area contributed by atoms with E-state index in [9.17, 15) is 19.5 Å². The average molecular weight is 361 g/mol. The summed E-state index contributed by atoms with van der Waals surface area (Å²) in [5.41, 5.74) is -0.795. The van der Waals surface area contributed by atoms with Crippen molar-refractivity contribution in [1.29, 1.82) is 0 Å². The zero-order valence-corrected chi connectivity index (χ0v) is 13.6. The van der Waals surface area contributed by atoms with E-state index in [0.717, 1.165) is 0 Å². The fourth-order valence-electron chi connectivity index (χ4n) is 1.83. The van der Waals surface area contributed by atoms with E-state index in [0.29, 0.717) is 0 Å². The van der Waals surface area contributed by atoms with Crippen LogP contribution in [0.5, 0.6) is 5.75 Å². The number of rotatable bonds is 7. The van der Waals surface area contributed by atoms with Gasteiger partial charge in [0.2, 0.25) is 0 Å². The van der Waals surface area contributed by atoms with E-state index >= 15 is 0 Å². The Balaban J connectivity index is 1.90. The smallest absolute Gasteiger partial charge is 0.480 e. The van der Waals surface area contributed by atoms with E-state index in [-0.39, 0.29) is 31.3 Å². The average Bonchev–Trinajstić information content (AvgIpc) is 2.51. The summed E-state index contributed by atoms with van der Waals surface area (Å²) < 4.78 is 32.9. The molecule has 0 unspecified atom stereocenters. The van der Waals surface area contributed by atoms with Crippen LogP contribution in [0.4, 0.5) is 5.69 Å². The molecule has 10 nitrogen and oxygen atoms in total. The Kier molecular flexibility index (Phi) is 5.55. The molecule has 0 atom stereocenters. The van der Waals surface area contributed by atoms with Gasteiger partial charge in [-0.3, -0.25) is 19.2 Å². The number of ether oxygens (including phenoxy) is 1. The normalized spacial score (nSPS) is 26.7. The minimum atomic E-state index is -3.85. The van der Waals surface area contributed by atoms with Crippen molar-refractivity contribution in [1.82, 2.24) is 0 Å². The highest BCUT2D eigenvalue weighted by Gasteiger charge is 2.42. The molecule has 1 saturated heterocycles. The van der Waals surface area contributed by atoms with E-state index in [1.807, 2.05) is 0 Å². The van der Waals surface area contributed by atoms with Crippen molar-refractivity contribution in [2.75, 3.05) is 26.4 Å². The molecule has 11 heteroatoms. The first-order valence-electron chi connectivity index (χ1n) is 6.84. The number of carboxylic acid groups (broad SMARTS) is 1. The molecule has 2 rings (SSSR count). The van der Waals surface area contributed by atoms with Crippen LogP contribution < -0.4 is 4.52 Å². The van der Waals surface area contributed by atoms with Gasteiger partial charge in [-0.25, -0.2) is 9.36 Å². The maximum atomic E-state index is 12.4. The second-order valence-electron chi connectivity index (χ2n) is 5.53. The quantitative estimate of drug-likeness (QED) is 0.440. The van der Waals surface area contributed by atoms with E-state index in [2.05, 4.69) is 0 Å². The Morgan fingerprint density at radius 3 is 2.46 bits per heavy atom. The van der Waals surface area contributed by atoms with Gasteiger partial charge >= 0.3 is 13.8 Å². The number of aliphatic carboxylic acids is 1. The van der Waals surface area contributed by atoms with E-state index < -0.39 is 30.7 Å². The van der Waals surface area contributed by atoms with Gasteiger partial charge in [-0.05, 0) is 12.1 Å². The van der Waals surface area contributed by atoms with Gasteiger partial charge in [0.05, 0.1) is 24.7 Å². The summed E-state index contributed by atoms with van der Waals surface area (Å²) in [7, 11) is -3.85. The molecule has 1 heterocycles. The molecule has 0 amide bonds. The molecule has 0 radical (unpaired) electrons. The highest BCUT2D eigenvalue weighted by molar-refractivity contribution is 7.49. The van der Waals surface area contributed by atoms with E-state index in [1.165, 1.54) is 24.3 Å². The number of carbonyl (C=O) groups is 1. The molecule has 1 aromatic rings. The fraction of sp³-hybridized carbons (Fsp3) is 0.462. The Morgan fingerprint density at radius 2 is 1.96 bits per heavy atom. The minimum absolute atomic E-state index is 0.0170. The van der Waals surface area contributed by atoms with Crippen molar-refractivity contribution in [2.24, 2.45) is 5.41 Å². The first kappa shape index (κ1) is 18.3. The van der Waals surface area contributed by atoms with Gasteiger partial charge in [0.15, 0.2) is 0 Å². The summed E-state index contributed by atoms with van der Waals surface area (Å²) in [6.45, 7) is 1.29. The number of phosphoric ester groups is 1. The number of nitrogens with zero attached hydrogens (tertiary/aromatic N) is 1. The summed E-state index contributed by atoms with van der Waals surface area (Å²) >= 11 is 0. The summed E-state index contributed by atoms with van der Waals surface area (Å²) in [6, 6.07) is 4.98. The third kappa shape index (κ3) is 5.00. The lowest BCUT2D eigenvalue weighted by molar-refractivity contribution is -0.384. The lowest BCUT2D eigenvalue weighted by atomic mass is 9.94. The van der Waals surface area contributed by atoms with Crippen LogP contribution >= 0.6 is 7.82 Å². The standard InChI is InChI=1S/C13H16NO9P/c1-13(7-20-6-12(15)16)8-21-24(19,22-9-13)23-11-4-2-10(3-5-11)14(17)18/h2-5H,6-9H2,1H3,(H,15,16). The van der Waals surface area contributed by atoms with Crippen LogP contribution in [-0.4, -0.2) is 42.4 Å². The molecular weight excluding hydrogens is 345 g/mol. The second kappa shape index (κ2) is 7.27. The van der Waals surface area contributed by atoms with Crippen LogP contribution in [0.15, 0.2) is 24.3 Å². The number of phosphoric acid groups is 1. The third-order valence-electron chi connectivity index (χ3n) is 3.08. The highest BCUT2D eigenvalue weighted by Crippen LogP contribution is 2.54. The molecule has 0 aliphatic carbocycles. The number of nitro groups is 1. The third-order valence-corrected chi connectivity index (χ3v) is 4.41. The summed E-state index contributed by atoms with van der Waals surface area (Å²) in [5.74, 6) is -0.988. The summed E-state index contributed by atoms with van der Waals surface area (Å²) in [6.07, 6.45) is 0. The van der Waals surface area contributed by atoms with Crippen LogP contribution in [0.2, 0.25) is 0 Å². The molecule has 1 aliphatic rings. The highest BCUT2D eigenvalue weighted by atomic mass is 31.2. The van der Waals surface area contributed by atoms with Crippen molar-refractivity contribution >= 4 is 19.5 Å². The Morgan fingerprint density at radius 1 is 1.38 bits per heavy atom. The van der Waals surface area contributed by atoms with Crippen molar-refractivity contribution in [2.45, 2.75) is 6.92 Å². The van der Waals surface area contributed by atoms with Crippen LogP contribution in [0.3, 0.4) is 0 Å². The molecule has 1 N–H and O–H groups in total. The Labute approximate surface area is 137 Å². The topological polar surface area (TPSA) is 134 Å². The van der Waals surface area contributed by atoms with Crippen LogP contribution in [0, 0.1) is 15.5 Å². The molecule has 1 aromatic carbocycles. The first-order valence-corrected chi connectivity index (χ1v) is 8.30. The lowest BCUT2D eigenvalue weighted by Crippen LogP contribution is -2.38. The van der Waals surface area contributed by atoms with Crippen molar-refractivity contribution in [3.05, 3.63) is 34.4 Å². The molecule has 0 spiro atoms. The number of non-ortho nitro benzene ring substituents is 1. The number of nitro benzene ring substituents is 1. The molecule has 0 aromatic heterocycles. The van der Waals surface area contributed by atoms with Gasteiger partial charge in [0, 0.05) is 17.5 Å². The summed E-state index contributed by atoms with van der Waals surface area (Å²) in [5, 5.41) is 19.1. The number of hydrogen-bond acceptors (Lipinski definition) is 8. The van der Waals surface area contributed by atoms with Gasteiger partial charge in [0.25, 0.3) is 5.69 Å². The van der Waals surface area contributed by atoms with E-state index in [1.54, 1.807) is 6.92 Å². The zero-order chi connectivity index (χ0) is 17.8. The fourth-order valence-corrected chi connectivity index (χ4v) is 3.33. The maximum absolute atomic E-state index is 12.4. The van der Waals surface area contributed by atoms with Gasteiger partial charge in [-0.1, -0.05) is 6.92 Å². The van der Waals surface area contributed by atoms with Crippen LogP contribution in [0.1, 0.15) is 6.92 Å². The van der Waals surface area contributed by atoms with E-state index in [4.69, 9.17) is 23.4 Å². The molecule has 0 bridgehead atoms. The van der Waals surface area contributed by atoms with Crippen molar-refractivity contribution in [3.8, 4) is 5.75 Å². The van der Waals surface area contributed by atoms with Crippen LogP contribution in [0.25, 0.3) is 0 Å². The van der Waals surface area contributed by atoms with Crippen molar-refractivity contribution < 1.29 is 37.7 Å². The SMILES string of the molecule is CC1(COCC(=O)O)COP(=O)(Oc2ccc([N+](=O)[O-])cc2)OC1. The Bertz CT molecular complexity index is 648. The predicted octanol–water partition coefficient (Wildman–Crippen LogP) is 2.24. The first-order chi connectivity index (χ1) is 11.2. The summed E-state index contributed by atoms with van der Waals surface area (Å²) in [4.78, 5) is 20.4. The molecule has 0 saturated carbocycles. The number of carboxylic acids is 1. The van der Waals surface area contributed by atoms with Gasteiger partial charge in [-0.15, -0.1) is 0 Å². The molecule has 1 fully saturated rings. The monoisotopic (exact) mass is 361 g/mol. The van der Waals surface area contributed by atoms with Gasteiger partial charge in [-0.2, -0.15) is 0 Å². The second-order valence-corrected chi connectivity index (χ2v) is 7.13. The molecule has 24 heavy (non-hydrogen) atoms. The van der Waals surface area contributed by atoms with Gasteiger partial charge < -0.3 is 14.4 Å². The largest absolute Gasteiger partial charge is 0.530 e. The lowest BCUT2D eigenvalue weighted by Gasteiger charge is -2.35. The molecular formula is C13H16NO9P. The molecule has 132 valence electrons. The number of hydrogen-bond donors (Lipinski definition) is 1. The molecule has 1 aliphatic heterocycles. The van der Waals surface area contributed by atoms with Gasteiger partial charge in [0.1, 0.15) is 12.4 Å². The maximum Gasteiger partial charge on any atom is 0.530 e. The van der Waals surface area contributed by atoms with Crippen molar-refractivity contribution in [3.63, 3.8) is 0 Å². The number of benzene rings is 1. The zero-order valence-electron chi connectivity index (χ0n) is 12.7. The predicted molar refractivity (Wildman–Crippen MR) is 79.8 cm³/mol. The minimum Gasteiger partial charge on any atom is -0.480 e. The Hall–Kier alpha value is -2.00.